The Hall–Kier alpha value is -0.830. The van der Waals surface area contributed by atoms with Gasteiger partial charge in [-0.3, -0.25) is 4.79 Å². The molecule has 0 N–H and O–H groups in total. The third-order valence-corrected chi connectivity index (χ3v) is 2.22. The number of Topliss-reactive ketones (excluding diaryl/α,β-unsaturated/α-hetero) is 1. The van der Waals surface area contributed by atoms with Gasteiger partial charge in [0.25, 0.3) is 0 Å². The van der Waals surface area contributed by atoms with E-state index in [1.165, 1.54) is 0 Å². The summed E-state index contributed by atoms with van der Waals surface area (Å²) in [5.41, 5.74) is 1.02. The highest BCUT2D eigenvalue weighted by Crippen LogP contribution is 2.09. The highest BCUT2D eigenvalue weighted by molar-refractivity contribution is 6.41. The summed E-state index contributed by atoms with van der Waals surface area (Å²) in [6.07, 6.45) is 1.74. The minimum absolute atomic E-state index is 0.237. The van der Waals surface area contributed by atoms with Crippen molar-refractivity contribution in [2.24, 2.45) is 0 Å². The zero-order chi connectivity index (χ0) is 11.8. The van der Waals surface area contributed by atoms with Gasteiger partial charge in [-0.25, -0.2) is 4.79 Å². The van der Waals surface area contributed by atoms with Crippen molar-refractivity contribution >= 4 is 23.4 Å². The molecule has 4 heteroatoms. The summed E-state index contributed by atoms with van der Waals surface area (Å²) < 4.78 is 4.64. The molecule has 0 saturated heterocycles. The molecule has 0 radical (unpaired) electrons. The van der Waals surface area contributed by atoms with Gasteiger partial charge in [0.1, 0.15) is 0 Å². The summed E-state index contributed by atoms with van der Waals surface area (Å²) in [5.74, 6) is -0.934. The summed E-state index contributed by atoms with van der Waals surface area (Å²) in [6.45, 7) is 7.53. The second kappa shape index (κ2) is 7.46. The summed E-state index contributed by atoms with van der Waals surface area (Å²) in [5, 5.41) is -1.16. The molecule has 0 saturated carbocycles. The Morgan fingerprint density at radius 1 is 1.40 bits per heavy atom. The molecular formula is C11H17ClO3. The highest BCUT2D eigenvalue weighted by Gasteiger charge is 2.24. The van der Waals surface area contributed by atoms with Crippen LogP contribution in [0.4, 0.5) is 0 Å². The molecule has 0 bridgehead atoms. The van der Waals surface area contributed by atoms with Gasteiger partial charge < -0.3 is 4.74 Å². The number of rotatable bonds is 7. The zero-order valence-electron chi connectivity index (χ0n) is 9.22. The fourth-order valence-electron chi connectivity index (χ4n) is 1.04. The molecule has 0 aromatic heterocycles. The minimum Gasteiger partial charge on any atom is -0.465 e. The van der Waals surface area contributed by atoms with Crippen molar-refractivity contribution in [3.8, 4) is 0 Å². The van der Waals surface area contributed by atoms with Crippen LogP contribution in [0.5, 0.6) is 0 Å². The monoisotopic (exact) mass is 232 g/mol. The SMILES string of the molecule is C=C(C)CCCC(=O)C(Cl)C(=O)OCC. The molecule has 1 atom stereocenters. The number of hydrogen-bond donors (Lipinski definition) is 0. The van der Waals surface area contributed by atoms with Crippen molar-refractivity contribution in [3.05, 3.63) is 12.2 Å². The molecule has 0 heterocycles. The molecule has 86 valence electrons. The van der Waals surface area contributed by atoms with E-state index in [9.17, 15) is 9.59 Å². The second-order valence-corrected chi connectivity index (χ2v) is 3.83. The maximum absolute atomic E-state index is 11.4. The molecule has 0 fully saturated rings. The maximum atomic E-state index is 11.4. The van der Waals surface area contributed by atoms with Crippen molar-refractivity contribution in [3.63, 3.8) is 0 Å². The molecule has 0 amide bonds. The zero-order valence-corrected chi connectivity index (χ0v) is 9.97. The van der Waals surface area contributed by atoms with Crippen molar-refractivity contribution in [2.45, 2.75) is 38.5 Å². The van der Waals surface area contributed by atoms with Crippen LogP contribution in [0, 0.1) is 0 Å². The van der Waals surface area contributed by atoms with E-state index in [0.717, 1.165) is 12.0 Å². The quantitative estimate of drug-likeness (QED) is 0.293. The number of hydrogen-bond acceptors (Lipinski definition) is 3. The van der Waals surface area contributed by atoms with Gasteiger partial charge in [-0.15, -0.1) is 18.2 Å². The maximum Gasteiger partial charge on any atom is 0.331 e. The number of esters is 1. The van der Waals surface area contributed by atoms with E-state index in [1.54, 1.807) is 6.92 Å². The van der Waals surface area contributed by atoms with Crippen LogP contribution in [-0.4, -0.2) is 23.7 Å². The lowest BCUT2D eigenvalue weighted by atomic mass is 10.1. The number of allylic oxidation sites excluding steroid dienone is 1. The third kappa shape index (κ3) is 6.28. The topological polar surface area (TPSA) is 43.4 Å². The predicted octanol–water partition coefficient (Wildman–Crippen LogP) is 2.47. The van der Waals surface area contributed by atoms with E-state index in [1.807, 2.05) is 6.92 Å². The van der Waals surface area contributed by atoms with E-state index in [4.69, 9.17) is 11.6 Å². The van der Waals surface area contributed by atoms with Gasteiger partial charge in [0, 0.05) is 6.42 Å². The van der Waals surface area contributed by atoms with Gasteiger partial charge in [0.15, 0.2) is 11.2 Å². The van der Waals surface area contributed by atoms with Gasteiger partial charge in [-0.2, -0.15) is 0 Å². The van der Waals surface area contributed by atoms with Crippen LogP contribution in [0.3, 0.4) is 0 Å². The predicted molar refractivity (Wildman–Crippen MR) is 59.9 cm³/mol. The van der Waals surface area contributed by atoms with Crippen LogP contribution in [0.2, 0.25) is 0 Å². The van der Waals surface area contributed by atoms with E-state index in [2.05, 4.69) is 11.3 Å². The first-order valence-corrected chi connectivity index (χ1v) is 5.40. The molecule has 15 heavy (non-hydrogen) atoms. The van der Waals surface area contributed by atoms with Gasteiger partial charge in [0.2, 0.25) is 0 Å². The van der Waals surface area contributed by atoms with Crippen LogP contribution in [-0.2, 0) is 14.3 Å². The van der Waals surface area contributed by atoms with Crippen molar-refractivity contribution < 1.29 is 14.3 Å². The van der Waals surface area contributed by atoms with Gasteiger partial charge >= 0.3 is 5.97 Å². The Kier molecular flexibility index (Phi) is 7.05. The van der Waals surface area contributed by atoms with Crippen molar-refractivity contribution in [1.29, 1.82) is 0 Å². The van der Waals surface area contributed by atoms with E-state index < -0.39 is 11.3 Å². The van der Waals surface area contributed by atoms with Crippen LogP contribution >= 0.6 is 11.6 Å². The Labute approximate surface area is 95.4 Å². The lowest BCUT2D eigenvalue weighted by molar-refractivity contribution is -0.145. The largest absolute Gasteiger partial charge is 0.465 e. The number of carbonyl (C=O) groups excluding carboxylic acids is 2. The smallest absolute Gasteiger partial charge is 0.331 e. The lowest BCUT2D eigenvalue weighted by Crippen LogP contribution is -2.26. The Bertz CT molecular complexity index is 248. The van der Waals surface area contributed by atoms with Crippen LogP contribution in [0.1, 0.15) is 33.1 Å². The second-order valence-electron chi connectivity index (χ2n) is 3.39. The summed E-state index contributed by atoms with van der Waals surface area (Å²) >= 11 is 5.63. The van der Waals surface area contributed by atoms with E-state index in [-0.39, 0.29) is 12.4 Å². The van der Waals surface area contributed by atoms with Crippen LogP contribution in [0.15, 0.2) is 12.2 Å². The fraction of sp³-hybridized carbons (Fsp3) is 0.636. The van der Waals surface area contributed by atoms with Crippen LogP contribution in [0.25, 0.3) is 0 Å². The van der Waals surface area contributed by atoms with Gasteiger partial charge in [0.05, 0.1) is 6.61 Å². The first-order chi connectivity index (χ1) is 6.99. The number of halogens is 1. The minimum atomic E-state index is -1.16. The number of ketones is 1. The fourth-order valence-corrected chi connectivity index (χ4v) is 1.21. The summed E-state index contributed by atoms with van der Waals surface area (Å²) in [7, 11) is 0. The Morgan fingerprint density at radius 3 is 2.47 bits per heavy atom. The molecular weight excluding hydrogens is 216 g/mol. The van der Waals surface area contributed by atoms with E-state index in [0.29, 0.717) is 12.8 Å². The molecule has 0 rings (SSSR count). The van der Waals surface area contributed by atoms with E-state index >= 15 is 0 Å². The number of alkyl halides is 1. The normalized spacial score (nSPS) is 11.9. The number of carbonyl (C=O) groups is 2. The third-order valence-electron chi connectivity index (χ3n) is 1.80. The van der Waals surface area contributed by atoms with Crippen molar-refractivity contribution in [1.82, 2.24) is 0 Å². The molecule has 0 aromatic carbocycles. The first kappa shape index (κ1) is 14.2. The van der Waals surface area contributed by atoms with Gasteiger partial charge in [-0.1, -0.05) is 5.57 Å². The Morgan fingerprint density at radius 2 is 2.00 bits per heavy atom. The molecule has 0 aliphatic carbocycles. The molecule has 1 unspecified atom stereocenters. The molecule has 0 aliphatic rings. The van der Waals surface area contributed by atoms with Crippen molar-refractivity contribution in [2.75, 3.05) is 6.61 Å². The average molecular weight is 233 g/mol. The summed E-state index contributed by atoms with van der Waals surface area (Å²) in [4.78, 5) is 22.5. The lowest BCUT2D eigenvalue weighted by Gasteiger charge is -2.07. The molecule has 0 aromatic rings. The highest BCUT2D eigenvalue weighted by atomic mass is 35.5. The average Bonchev–Trinajstić information content (AvgIpc) is 2.16. The van der Waals surface area contributed by atoms with Crippen LogP contribution < -0.4 is 0 Å². The molecule has 0 aliphatic heterocycles. The molecule has 3 nitrogen and oxygen atoms in total. The molecule has 0 spiro atoms. The van der Waals surface area contributed by atoms with Gasteiger partial charge in [-0.05, 0) is 26.7 Å². The Balaban J connectivity index is 3.88. The number of ether oxygens (including phenoxy) is 1. The standard InChI is InChI=1S/C11H17ClO3/c1-4-15-11(14)10(12)9(13)7-5-6-8(2)3/h10H,2,4-7H2,1,3H3. The first-order valence-electron chi connectivity index (χ1n) is 4.96. The summed E-state index contributed by atoms with van der Waals surface area (Å²) in [6, 6.07) is 0.